The fourth-order valence-electron chi connectivity index (χ4n) is 1.83. The highest BCUT2D eigenvalue weighted by molar-refractivity contribution is 8.13. The van der Waals surface area contributed by atoms with Gasteiger partial charge in [0.1, 0.15) is 5.50 Å². The lowest BCUT2D eigenvalue weighted by molar-refractivity contribution is 0.175. The fourth-order valence-corrected chi connectivity index (χ4v) is 3.28. The Labute approximate surface area is 143 Å². The van der Waals surface area contributed by atoms with E-state index in [9.17, 15) is 4.79 Å². The largest absolute Gasteiger partial charge is 0.458 e. The lowest BCUT2D eigenvalue weighted by atomic mass is 10.1. The van der Waals surface area contributed by atoms with Crippen LogP contribution in [0.25, 0.3) is 0 Å². The van der Waals surface area contributed by atoms with Crippen molar-refractivity contribution < 1.29 is 9.53 Å². The molecule has 0 fully saturated rings. The van der Waals surface area contributed by atoms with E-state index >= 15 is 0 Å². The lowest BCUT2D eigenvalue weighted by Gasteiger charge is -2.22. The first-order chi connectivity index (χ1) is 10.6. The van der Waals surface area contributed by atoms with Crippen molar-refractivity contribution in [2.75, 3.05) is 6.61 Å². The van der Waals surface area contributed by atoms with Crippen molar-refractivity contribution in [3.05, 3.63) is 53.6 Å². The number of hydrogen-bond acceptors (Lipinski definition) is 4. The zero-order valence-electron chi connectivity index (χ0n) is 12.0. The van der Waals surface area contributed by atoms with Crippen LogP contribution in [0.1, 0.15) is 29.7 Å². The topological polar surface area (TPSA) is 44.1 Å². The smallest absolute Gasteiger partial charge is 0.368 e. The molecule has 0 radical (unpaired) electrons. The normalized spacial score (nSPS) is 13.6. The Morgan fingerprint density at radius 2 is 2.14 bits per heavy atom. The number of rotatable bonds is 6. The van der Waals surface area contributed by atoms with Crippen molar-refractivity contribution in [3.63, 3.8) is 0 Å². The maximum absolute atomic E-state index is 12.0. The monoisotopic (exact) mass is 358 g/mol. The van der Waals surface area contributed by atoms with Crippen LogP contribution < -0.4 is 0 Å². The summed E-state index contributed by atoms with van der Waals surface area (Å²) in [4.78, 5) is 16.0. The van der Waals surface area contributed by atoms with E-state index in [2.05, 4.69) is 4.98 Å². The molecular weight excluding hydrogens is 343 g/mol. The summed E-state index contributed by atoms with van der Waals surface area (Å²) in [6.45, 7) is 2.35. The van der Waals surface area contributed by atoms with E-state index in [4.69, 9.17) is 27.9 Å². The van der Waals surface area contributed by atoms with Gasteiger partial charge in [0.15, 0.2) is 0 Å². The van der Waals surface area contributed by atoms with Crippen molar-refractivity contribution in [1.29, 1.82) is 0 Å². The Morgan fingerprint density at radius 3 is 2.73 bits per heavy atom. The third kappa shape index (κ3) is 4.66. The van der Waals surface area contributed by atoms with Crippen LogP contribution in [0.4, 0.5) is 4.79 Å². The predicted molar refractivity (Wildman–Crippen MR) is 90.5 cm³/mol. The third-order valence-corrected chi connectivity index (χ3v) is 4.88. The van der Waals surface area contributed by atoms with E-state index in [-0.39, 0.29) is 10.6 Å². The second-order valence-electron chi connectivity index (χ2n) is 4.57. The van der Waals surface area contributed by atoms with Crippen LogP contribution in [0.2, 0.25) is 5.02 Å². The molecule has 0 saturated carbocycles. The molecule has 0 amide bonds. The van der Waals surface area contributed by atoms with E-state index in [1.54, 1.807) is 35.4 Å². The Kier molecular flexibility index (Phi) is 6.61. The van der Waals surface area contributed by atoms with E-state index in [1.165, 1.54) is 0 Å². The number of nitrogens with zero attached hydrogens (tertiary/aromatic N) is 2. The van der Waals surface area contributed by atoms with Crippen molar-refractivity contribution in [2.45, 2.75) is 24.1 Å². The molecule has 2 rings (SSSR count). The summed E-state index contributed by atoms with van der Waals surface area (Å²) < 4.78 is 6.90. The highest BCUT2D eigenvalue weighted by Crippen LogP contribution is 2.42. The van der Waals surface area contributed by atoms with Gasteiger partial charge in [0.25, 0.3) is 0 Å². The number of benzene rings is 1. The van der Waals surface area contributed by atoms with Crippen molar-refractivity contribution in [1.82, 2.24) is 9.55 Å². The molecule has 0 aliphatic heterocycles. The van der Waals surface area contributed by atoms with Gasteiger partial charge in [-0.3, -0.25) is 0 Å². The van der Waals surface area contributed by atoms with E-state index < -0.39 is 5.50 Å². The van der Waals surface area contributed by atoms with E-state index in [0.717, 1.165) is 23.7 Å². The average Bonchev–Trinajstić information content (AvgIpc) is 3.05. The Morgan fingerprint density at radius 1 is 1.41 bits per heavy atom. The van der Waals surface area contributed by atoms with Crippen LogP contribution in [-0.4, -0.2) is 21.5 Å². The van der Waals surface area contributed by atoms with Crippen LogP contribution in [0.3, 0.4) is 0 Å². The number of thioether (sulfide) groups is 1. The molecule has 0 aliphatic rings. The minimum atomic E-state index is -0.470. The first-order valence-electron chi connectivity index (χ1n) is 6.82. The number of carbonyl (C=O) groups is 1. The van der Waals surface area contributed by atoms with Crippen molar-refractivity contribution in [2.24, 2.45) is 0 Å². The number of imidazole rings is 1. The van der Waals surface area contributed by atoms with Crippen LogP contribution in [-0.2, 0) is 4.74 Å². The van der Waals surface area contributed by atoms with Crippen LogP contribution in [0.5, 0.6) is 0 Å². The average molecular weight is 359 g/mol. The van der Waals surface area contributed by atoms with Crippen LogP contribution in [0, 0.1) is 0 Å². The standard InChI is InChI=1S/C15H16Cl2N2O2S/c1-2-9-21-15(20)22-13(11-3-5-12(16)6-4-11)14(17)19-8-7-18-10-19/h3-8,10,13-14H,2,9H2,1H3. The summed E-state index contributed by atoms with van der Waals surface area (Å²) >= 11 is 13.5. The number of alkyl halides is 1. The number of aromatic nitrogens is 2. The summed E-state index contributed by atoms with van der Waals surface area (Å²) in [7, 11) is 0. The van der Waals surface area contributed by atoms with Crippen LogP contribution >= 0.6 is 35.0 Å². The minimum Gasteiger partial charge on any atom is -0.458 e. The maximum atomic E-state index is 12.0. The zero-order chi connectivity index (χ0) is 15.9. The summed E-state index contributed by atoms with van der Waals surface area (Å²) in [6, 6.07) is 7.28. The molecule has 1 heterocycles. The Balaban J connectivity index is 2.20. The molecule has 1 aromatic heterocycles. The zero-order valence-corrected chi connectivity index (χ0v) is 14.3. The Bertz CT molecular complexity index is 590. The summed E-state index contributed by atoms with van der Waals surface area (Å²) in [5.41, 5.74) is 0.430. The molecule has 0 spiro atoms. The predicted octanol–water partition coefficient (Wildman–Crippen LogP) is 5.30. The Hall–Kier alpha value is -1.17. The molecule has 2 unspecified atom stereocenters. The SMILES string of the molecule is CCCOC(=O)SC(c1ccc(Cl)cc1)C(Cl)n1ccnc1. The van der Waals surface area contributed by atoms with Gasteiger partial charge in [0, 0.05) is 17.4 Å². The van der Waals surface area contributed by atoms with Gasteiger partial charge in [0.05, 0.1) is 18.2 Å². The first-order valence-corrected chi connectivity index (χ1v) is 8.51. The second kappa shape index (κ2) is 8.46. The third-order valence-electron chi connectivity index (χ3n) is 2.91. The second-order valence-corrected chi connectivity index (χ2v) is 6.53. The molecule has 118 valence electrons. The quantitative estimate of drug-likeness (QED) is 0.519. The van der Waals surface area contributed by atoms with Gasteiger partial charge in [-0.25, -0.2) is 9.78 Å². The molecule has 0 saturated heterocycles. The summed E-state index contributed by atoms with van der Waals surface area (Å²) in [6.07, 6.45) is 5.81. The van der Waals surface area contributed by atoms with Crippen LogP contribution in [0.15, 0.2) is 43.0 Å². The fraction of sp³-hybridized carbons (Fsp3) is 0.333. The highest BCUT2D eigenvalue weighted by Gasteiger charge is 2.27. The molecule has 7 heteroatoms. The molecular formula is C15H16Cl2N2O2S. The molecule has 2 aromatic rings. The summed E-state index contributed by atoms with van der Waals surface area (Å²) in [5, 5.41) is -0.0140. The van der Waals surface area contributed by atoms with Gasteiger partial charge in [-0.15, -0.1) is 0 Å². The van der Waals surface area contributed by atoms with Gasteiger partial charge in [-0.1, -0.05) is 42.3 Å². The maximum Gasteiger partial charge on any atom is 0.368 e. The molecule has 1 aromatic carbocycles. The molecule has 22 heavy (non-hydrogen) atoms. The minimum absolute atomic E-state index is 0.308. The van der Waals surface area contributed by atoms with Gasteiger partial charge < -0.3 is 9.30 Å². The number of hydrogen-bond donors (Lipinski definition) is 0. The summed E-state index contributed by atoms with van der Waals surface area (Å²) in [5.74, 6) is 0. The number of halogens is 2. The molecule has 0 aliphatic carbocycles. The molecule has 0 N–H and O–H groups in total. The van der Waals surface area contributed by atoms with Gasteiger partial charge in [-0.2, -0.15) is 0 Å². The van der Waals surface area contributed by atoms with Gasteiger partial charge >= 0.3 is 5.30 Å². The number of ether oxygens (including phenoxy) is 1. The molecule has 0 bridgehead atoms. The first kappa shape index (κ1) is 17.2. The highest BCUT2D eigenvalue weighted by atomic mass is 35.5. The van der Waals surface area contributed by atoms with Crippen molar-refractivity contribution in [3.8, 4) is 0 Å². The molecule has 4 nitrogen and oxygen atoms in total. The van der Waals surface area contributed by atoms with E-state index in [1.807, 2.05) is 19.1 Å². The van der Waals surface area contributed by atoms with E-state index in [0.29, 0.717) is 11.6 Å². The number of carbonyl (C=O) groups excluding carboxylic acids is 1. The molecule has 2 atom stereocenters. The van der Waals surface area contributed by atoms with Gasteiger partial charge in [-0.05, 0) is 35.9 Å². The lowest BCUT2D eigenvalue weighted by Crippen LogP contribution is -2.12. The van der Waals surface area contributed by atoms with Gasteiger partial charge in [0.2, 0.25) is 0 Å². The van der Waals surface area contributed by atoms with Crippen molar-refractivity contribution >= 4 is 40.3 Å².